The fourth-order valence-electron chi connectivity index (χ4n) is 3.19. The number of nitrogens with one attached hydrogen (secondary N) is 1. The molecule has 158 valence electrons. The molecule has 10 heteroatoms. The average molecular weight is 445 g/mol. The van der Waals surface area contributed by atoms with Gasteiger partial charge in [-0.25, -0.2) is 18.0 Å². The van der Waals surface area contributed by atoms with Crippen LogP contribution in [0.4, 0.5) is 18.9 Å². The molecule has 4 rings (SSSR count). The maximum Gasteiger partial charge on any atom is 0.332 e. The van der Waals surface area contributed by atoms with E-state index in [2.05, 4.69) is 5.32 Å². The van der Waals surface area contributed by atoms with Crippen LogP contribution in [0.1, 0.15) is 5.56 Å². The molecular weight excluding hydrogens is 431 g/mol. The number of halogens is 3. The largest absolute Gasteiger partial charge is 0.332 e. The second-order valence-corrected chi connectivity index (χ2v) is 7.61. The summed E-state index contributed by atoms with van der Waals surface area (Å²) in [6.45, 7) is -0.823. The molecule has 0 unspecified atom stereocenters. The summed E-state index contributed by atoms with van der Waals surface area (Å²) in [5, 5.41) is 3.92. The Kier molecular flexibility index (Phi) is 5.47. The highest BCUT2D eigenvalue weighted by atomic mass is 32.1. The quantitative estimate of drug-likeness (QED) is 0.512. The summed E-state index contributed by atoms with van der Waals surface area (Å²) in [6, 6.07) is 9.79. The number of aromatic nitrogens is 2. The van der Waals surface area contributed by atoms with E-state index in [-0.39, 0.29) is 28.0 Å². The Morgan fingerprint density at radius 1 is 0.968 bits per heavy atom. The van der Waals surface area contributed by atoms with Crippen LogP contribution in [0.2, 0.25) is 0 Å². The zero-order valence-electron chi connectivity index (χ0n) is 15.8. The fourth-order valence-corrected chi connectivity index (χ4v) is 4.04. The number of thiophene rings is 1. The first kappa shape index (κ1) is 20.6. The maximum absolute atomic E-state index is 14.1. The first-order chi connectivity index (χ1) is 14.8. The van der Waals surface area contributed by atoms with Gasteiger partial charge in [0.1, 0.15) is 28.7 Å². The predicted octanol–water partition coefficient (Wildman–Crippen LogP) is 3.33. The molecule has 0 atom stereocenters. The summed E-state index contributed by atoms with van der Waals surface area (Å²) in [6.07, 6.45) is 0. The first-order valence-electron chi connectivity index (χ1n) is 9.03. The van der Waals surface area contributed by atoms with Crippen molar-refractivity contribution < 1.29 is 18.0 Å². The van der Waals surface area contributed by atoms with Crippen molar-refractivity contribution in [2.45, 2.75) is 13.1 Å². The maximum atomic E-state index is 14.1. The van der Waals surface area contributed by atoms with Crippen LogP contribution in [0.15, 0.2) is 63.5 Å². The fraction of sp³-hybridized carbons (Fsp3) is 0.0952. The van der Waals surface area contributed by atoms with Crippen LogP contribution < -0.4 is 16.6 Å². The summed E-state index contributed by atoms with van der Waals surface area (Å²) >= 11 is 1.08. The second-order valence-electron chi connectivity index (χ2n) is 6.69. The van der Waals surface area contributed by atoms with E-state index < -0.39 is 41.2 Å². The molecule has 0 bridgehead atoms. The van der Waals surface area contributed by atoms with Gasteiger partial charge in [-0.2, -0.15) is 0 Å². The summed E-state index contributed by atoms with van der Waals surface area (Å²) in [4.78, 5) is 38.3. The Bertz CT molecular complexity index is 1400. The Hall–Kier alpha value is -3.66. The minimum absolute atomic E-state index is 0.114. The van der Waals surface area contributed by atoms with E-state index >= 15 is 0 Å². The highest BCUT2D eigenvalue weighted by molar-refractivity contribution is 7.17. The van der Waals surface area contributed by atoms with Crippen molar-refractivity contribution >= 4 is 33.1 Å². The number of benzene rings is 2. The van der Waals surface area contributed by atoms with Crippen molar-refractivity contribution in [2.24, 2.45) is 0 Å². The van der Waals surface area contributed by atoms with Gasteiger partial charge in [0.2, 0.25) is 5.91 Å². The lowest BCUT2D eigenvalue weighted by molar-refractivity contribution is -0.116. The van der Waals surface area contributed by atoms with Crippen LogP contribution >= 0.6 is 11.3 Å². The zero-order valence-corrected chi connectivity index (χ0v) is 16.6. The molecule has 1 N–H and O–H groups in total. The van der Waals surface area contributed by atoms with Crippen LogP contribution in [0, 0.1) is 17.5 Å². The van der Waals surface area contributed by atoms with E-state index in [0.29, 0.717) is 6.07 Å². The third kappa shape index (κ3) is 4.15. The highest BCUT2D eigenvalue weighted by Gasteiger charge is 2.18. The lowest BCUT2D eigenvalue weighted by atomic mass is 10.2. The van der Waals surface area contributed by atoms with E-state index in [0.717, 1.165) is 32.6 Å². The molecule has 4 aromatic rings. The predicted molar refractivity (Wildman–Crippen MR) is 111 cm³/mol. The number of carbonyl (C=O) groups is 1. The lowest BCUT2D eigenvalue weighted by Crippen LogP contribution is -2.41. The third-order valence-electron chi connectivity index (χ3n) is 4.57. The van der Waals surface area contributed by atoms with Gasteiger partial charge in [0.25, 0.3) is 5.56 Å². The number of rotatable bonds is 5. The molecule has 0 radical (unpaired) electrons. The van der Waals surface area contributed by atoms with E-state index in [1.807, 2.05) is 0 Å². The molecule has 0 saturated heterocycles. The minimum Gasteiger partial charge on any atom is -0.324 e. The van der Waals surface area contributed by atoms with Gasteiger partial charge in [0.15, 0.2) is 0 Å². The summed E-state index contributed by atoms with van der Waals surface area (Å²) in [7, 11) is 0. The molecule has 1 amide bonds. The molecule has 0 fully saturated rings. The highest BCUT2D eigenvalue weighted by Crippen LogP contribution is 2.17. The standard InChI is InChI=1S/C21H14F3N3O3S/c22-13-7-14(23)9-15(8-13)25-18(28)11-26-17-5-6-31-19(17)20(29)27(21(26)30)10-12-3-1-2-4-16(12)24/h1-9H,10-11H2,(H,25,28). The molecule has 2 aromatic heterocycles. The summed E-state index contributed by atoms with van der Waals surface area (Å²) < 4.78 is 42.9. The van der Waals surface area contributed by atoms with Crippen LogP contribution in [0.25, 0.3) is 10.2 Å². The Labute approximate surface area is 176 Å². The second kappa shape index (κ2) is 8.23. The Morgan fingerprint density at radius 3 is 2.39 bits per heavy atom. The van der Waals surface area contributed by atoms with Crippen molar-refractivity contribution in [2.75, 3.05) is 5.32 Å². The van der Waals surface area contributed by atoms with Crippen molar-refractivity contribution in [1.82, 2.24) is 9.13 Å². The van der Waals surface area contributed by atoms with E-state index in [4.69, 9.17) is 0 Å². The van der Waals surface area contributed by atoms with Gasteiger partial charge in [-0.3, -0.25) is 18.7 Å². The smallest absolute Gasteiger partial charge is 0.324 e. The molecule has 0 spiro atoms. The van der Waals surface area contributed by atoms with Crippen LogP contribution in [-0.2, 0) is 17.9 Å². The van der Waals surface area contributed by atoms with Gasteiger partial charge < -0.3 is 5.32 Å². The van der Waals surface area contributed by atoms with Gasteiger partial charge in [-0.05, 0) is 29.6 Å². The number of nitrogens with zero attached hydrogens (tertiary/aromatic N) is 2. The normalized spacial score (nSPS) is 11.1. The van der Waals surface area contributed by atoms with Crippen LogP contribution in [-0.4, -0.2) is 15.0 Å². The van der Waals surface area contributed by atoms with Gasteiger partial charge in [-0.1, -0.05) is 18.2 Å². The van der Waals surface area contributed by atoms with Crippen molar-refractivity contribution in [3.8, 4) is 0 Å². The summed E-state index contributed by atoms with van der Waals surface area (Å²) in [5.74, 6) is -3.04. The van der Waals surface area contributed by atoms with Crippen LogP contribution in [0.5, 0.6) is 0 Å². The number of anilines is 1. The monoisotopic (exact) mass is 445 g/mol. The third-order valence-corrected chi connectivity index (χ3v) is 5.46. The van der Waals surface area contributed by atoms with Crippen molar-refractivity contribution in [3.05, 3.63) is 97.8 Å². The number of hydrogen-bond donors (Lipinski definition) is 1. The van der Waals surface area contributed by atoms with Gasteiger partial charge in [0, 0.05) is 17.3 Å². The SMILES string of the molecule is O=C(Cn1c(=O)n(Cc2ccccc2F)c(=O)c2sccc21)Nc1cc(F)cc(F)c1. The number of carbonyl (C=O) groups excluding carboxylic acids is 1. The molecule has 0 aliphatic rings. The van der Waals surface area contributed by atoms with E-state index in [1.54, 1.807) is 11.4 Å². The molecule has 2 aromatic carbocycles. The Balaban J connectivity index is 1.73. The topological polar surface area (TPSA) is 73.1 Å². The van der Waals surface area contributed by atoms with Crippen molar-refractivity contribution in [3.63, 3.8) is 0 Å². The lowest BCUT2D eigenvalue weighted by Gasteiger charge is -2.13. The molecular formula is C21H14F3N3O3S. The van der Waals surface area contributed by atoms with E-state index in [9.17, 15) is 27.6 Å². The van der Waals surface area contributed by atoms with Gasteiger partial charge in [0.05, 0.1) is 12.1 Å². The molecule has 0 saturated carbocycles. The number of fused-ring (bicyclic) bond motifs is 1. The summed E-state index contributed by atoms with van der Waals surface area (Å²) in [5.41, 5.74) is -1.13. The van der Waals surface area contributed by atoms with E-state index in [1.165, 1.54) is 24.3 Å². The molecule has 6 nitrogen and oxygen atoms in total. The molecule has 2 heterocycles. The van der Waals surface area contributed by atoms with Crippen LogP contribution in [0.3, 0.4) is 0 Å². The number of amides is 1. The van der Waals surface area contributed by atoms with Gasteiger partial charge in [-0.15, -0.1) is 11.3 Å². The minimum atomic E-state index is -0.869. The number of hydrogen-bond acceptors (Lipinski definition) is 4. The molecule has 0 aliphatic carbocycles. The average Bonchev–Trinajstić information content (AvgIpc) is 3.19. The zero-order chi connectivity index (χ0) is 22.1. The molecule has 31 heavy (non-hydrogen) atoms. The molecule has 0 aliphatic heterocycles. The Morgan fingerprint density at radius 2 is 1.68 bits per heavy atom. The van der Waals surface area contributed by atoms with Gasteiger partial charge >= 0.3 is 5.69 Å². The van der Waals surface area contributed by atoms with Crippen molar-refractivity contribution in [1.29, 1.82) is 0 Å². The first-order valence-corrected chi connectivity index (χ1v) is 9.91.